The number of hydrogen-bond donors (Lipinski definition) is 1. The van der Waals surface area contributed by atoms with Crippen molar-refractivity contribution < 1.29 is 14.3 Å². The van der Waals surface area contributed by atoms with Gasteiger partial charge in [0.2, 0.25) is 5.88 Å². The van der Waals surface area contributed by atoms with Crippen LogP contribution in [0.5, 0.6) is 11.6 Å². The van der Waals surface area contributed by atoms with Crippen LogP contribution in [-0.2, 0) is 11.2 Å². The number of Topliss-reactive ketones (excluding diaryl/α,β-unsaturated/α-hetero) is 1. The summed E-state index contributed by atoms with van der Waals surface area (Å²) in [5.74, 6) is 1.32. The zero-order valence-electron chi connectivity index (χ0n) is 22.0. The lowest BCUT2D eigenvalue weighted by molar-refractivity contribution is -0.120. The van der Waals surface area contributed by atoms with Crippen molar-refractivity contribution in [1.29, 1.82) is 0 Å². The summed E-state index contributed by atoms with van der Waals surface area (Å²) < 4.78 is 11.4. The number of H-pyrrole nitrogens is 1. The van der Waals surface area contributed by atoms with Crippen LogP contribution in [0.1, 0.15) is 52.2 Å². The Morgan fingerprint density at radius 1 is 1.36 bits per heavy atom. The van der Waals surface area contributed by atoms with Crippen LogP contribution in [0.3, 0.4) is 0 Å². The normalized spacial score (nSPS) is 17.4. The van der Waals surface area contributed by atoms with E-state index in [1.807, 2.05) is 25.1 Å². The van der Waals surface area contributed by atoms with Crippen molar-refractivity contribution >= 4 is 23.1 Å². The molecule has 0 amide bonds. The first kappa shape index (κ1) is 27.5. The highest BCUT2D eigenvalue weighted by molar-refractivity contribution is 6.30. The summed E-state index contributed by atoms with van der Waals surface area (Å²) in [5, 5.41) is 7.63. The SMILES string of the molecule is C=C(C(=C\N=C(c1cn[nH]c1OC)C(C)CC)/C(=C\C)C(=O)C1COc2ccc(Cl)cc2C1)C(C)C. The van der Waals surface area contributed by atoms with E-state index in [9.17, 15) is 4.79 Å². The number of allylic oxidation sites excluding steroid dienone is 4. The van der Waals surface area contributed by atoms with Gasteiger partial charge in [0.1, 0.15) is 5.75 Å². The zero-order chi connectivity index (χ0) is 26.4. The van der Waals surface area contributed by atoms with Crippen molar-refractivity contribution in [2.45, 2.75) is 47.5 Å². The van der Waals surface area contributed by atoms with E-state index in [0.717, 1.165) is 40.2 Å². The topological polar surface area (TPSA) is 76.6 Å². The molecule has 1 aromatic carbocycles. The molecule has 1 aromatic heterocycles. The molecule has 0 spiro atoms. The van der Waals surface area contributed by atoms with Crippen molar-refractivity contribution in [3.63, 3.8) is 0 Å². The maximum absolute atomic E-state index is 13.8. The first-order chi connectivity index (χ1) is 17.2. The summed E-state index contributed by atoms with van der Waals surface area (Å²) in [7, 11) is 1.60. The van der Waals surface area contributed by atoms with Gasteiger partial charge in [-0.25, -0.2) is 5.10 Å². The van der Waals surface area contributed by atoms with Crippen LogP contribution in [0.25, 0.3) is 0 Å². The molecular formula is C29H36ClN3O3. The Bertz CT molecular complexity index is 1210. The summed E-state index contributed by atoms with van der Waals surface area (Å²) in [5.41, 5.74) is 4.77. The lowest BCUT2D eigenvalue weighted by Gasteiger charge is -2.26. The standard InChI is InChI=1S/C29H36ClN3O3/c1-8-18(5)27(25-15-32-33-29(25)35-7)31-14-24(19(6)17(3)4)23(9-2)28(34)21-12-20-13-22(30)10-11-26(20)36-16-21/h9-11,13-15,17-18,21H,6,8,12,16H2,1-5,7H3,(H,32,33)/b23-9+,24-14+,31-27?. The first-order valence-corrected chi connectivity index (χ1v) is 12.8. The average molecular weight is 510 g/mol. The number of nitrogens with zero attached hydrogens (tertiary/aromatic N) is 2. The third kappa shape index (κ3) is 5.98. The van der Waals surface area contributed by atoms with Gasteiger partial charge in [-0.05, 0) is 60.9 Å². The quantitative estimate of drug-likeness (QED) is 0.218. The minimum Gasteiger partial charge on any atom is -0.493 e. The summed E-state index contributed by atoms with van der Waals surface area (Å²) in [6.45, 7) is 14.9. The third-order valence-corrected chi connectivity index (χ3v) is 6.92. The number of fused-ring (bicyclic) bond motifs is 1. The van der Waals surface area contributed by atoms with E-state index in [4.69, 9.17) is 26.1 Å². The van der Waals surface area contributed by atoms with Crippen molar-refractivity contribution in [2.24, 2.45) is 22.7 Å². The number of halogens is 1. The van der Waals surface area contributed by atoms with Crippen molar-refractivity contribution in [2.75, 3.05) is 13.7 Å². The van der Waals surface area contributed by atoms with E-state index in [1.165, 1.54) is 0 Å². The number of aromatic nitrogens is 2. The lowest BCUT2D eigenvalue weighted by atomic mass is 9.83. The Labute approximate surface area is 219 Å². The number of ether oxygens (including phenoxy) is 2. The van der Waals surface area contributed by atoms with Crippen LogP contribution in [0.4, 0.5) is 0 Å². The van der Waals surface area contributed by atoms with Gasteiger partial charge in [-0.2, -0.15) is 5.10 Å². The Hall–Kier alpha value is -3.12. The van der Waals surface area contributed by atoms with Gasteiger partial charge in [-0.3, -0.25) is 9.79 Å². The molecule has 1 aliphatic rings. The van der Waals surface area contributed by atoms with Crippen molar-refractivity contribution in [1.82, 2.24) is 10.2 Å². The number of carbonyl (C=O) groups excluding carboxylic acids is 1. The number of nitrogens with one attached hydrogen (secondary N) is 1. The molecule has 3 rings (SSSR count). The monoisotopic (exact) mass is 509 g/mol. The van der Waals surface area contributed by atoms with Crippen molar-refractivity contribution in [3.8, 4) is 11.6 Å². The molecular weight excluding hydrogens is 474 g/mol. The van der Waals surface area contributed by atoms with Crippen LogP contribution in [-0.4, -0.2) is 35.4 Å². The summed E-state index contributed by atoms with van der Waals surface area (Å²) in [6, 6.07) is 5.53. The minimum atomic E-state index is -0.322. The summed E-state index contributed by atoms with van der Waals surface area (Å²) >= 11 is 6.19. The van der Waals surface area contributed by atoms with Gasteiger partial charge in [0.15, 0.2) is 5.78 Å². The maximum atomic E-state index is 13.8. The highest BCUT2D eigenvalue weighted by atomic mass is 35.5. The third-order valence-electron chi connectivity index (χ3n) is 6.68. The van der Waals surface area contributed by atoms with E-state index in [2.05, 4.69) is 44.5 Å². The molecule has 0 fully saturated rings. The molecule has 1 aliphatic heterocycles. The Morgan fingerprint density at radius 3 is 2.75 bits per heavy atom. The van der Waals surface area contributed by atoms with Gasteiger partial charge in [-0.1, -0.05) is 52.0 Å². The molecule has 0 saturated carbocycles. The fourth-order valence-corrected chi connectivity index (χ4v) is 4.42. The number of ketones is 1. The summed E-state index contributed by atoms with van der Waals surface area (Å²) in [4.78, 5) is 18.7. The molecule has 36 heavy (non-hydrogen) atoms. The molecule has 2 heterocycles. The predicted octanol–water partition coefficient (Wildman–Crippen LogP) is 6.77. The molecule has 7 heteroatoms. The number of benzene rings is 1. The van der Waals surface area contributed by atoms with Crippen molar-refractivity contribution in [3.05, 3.63) is 76.1 Å². The van der Waals surface area contributed by atoms with Gasteiger partial charge in [0.25, 0.3) is 0 Å². The van der Waals surface area contributed by atoms with Gasteiger partial charge < -0.3 is 9.47 Å². The highest BCUT2D eigenvalue weighted by Crippen LogP contribution is 2.34. The Kier molecular flexibility index (Phi) is 9.32. The maximum Gasteiger partial charge on any atom is 0.218 e. The van der Waals surface area contributed by atoms with Crippen LogP contribution in [0.2, 0.25) is 5.02 Å². The molecule has 0 radical (unpaired) electrons. The van der Waals surface area contributed by atoms with E-state index in [0.29, 0.717) is 29.5 Å². The molecule has 2 aromatic rings. The largest absolute Gasteiger partial charge is 0.493 e. The fourth-order valence-electron chi connectivity index (χ4n) is 4.22. The molecule has 0 saturated heterocycles. The smallest absolute Gasteiger partial charge is 0.218 e. The molecule has 2 atom stereocenters. The second kappa shape index (κ2) is 12.2. The van der Waals surface area contributed by atoms with E-state index in [-0.39, 0.29) is 23.5 Å². The van der Waals surface area contributed by atoms with E-state index < -0.39 is 0 Å². The zero-order valence-corrected chi connectivity index (χ0v) is 22.8. The van der Waals surface area contributed by atoms with Gasteiger partial charge in [-0.15, -0.1) is 0 Å². The van der Waals surface area contributed by atoms with Gasteiger partial charge >= 0.3 is 0 Å². The number of rotatable bonds is 10. The van der Waals surface area contributed by atoms with Crippen LogP contribution in [0, 0.1) is 17.8 Å². The number of carbonyl (C=O) groups is 1. The number of aliphatic imine (C=N–C) groups is 1. The average Bonchev–Trinajstić information content (AvgIpc) is 3.35. The second-order valence-corrected chi connectivity index (χ2v) is 9.83. The van der Waals surface area contributed by atoms with E-state index in [1.54, 1.807) is 25.6 Å². The lowest BCUT2D eigenvalue weighted by Crippen LogP contribution is -2.30. The number of methoxy groups -OCH3 is 1. The molecule has 2 unspecified atom stereocenters. The fraction of sp³-hybridized carbons (Fsp3) is 0.414. The second-order valence-electron chi connectivity index (χ2n) is 9.39. The predicted molar refractivity (Wildman–Crippen MR) is 146 cm³/mol. The molecule has 0 aliphatic carbocycles. The molecule has 192 valence electrons. The van der Waals surface area contributed by atoms with Crippen LogP contribution >= 0.6 is 11.6 Å². The van der Waals surface area contributed by atoms with Gasteiger partial charge in [0.05, 0.1) is 37.1 Å². The molecule has 0 bridgehead atoms. The first-order valence-electron chi connectivity index (χ1n) is 12.4. The molecule has 1 N–H and O–H groups in total. The Balaban J connectivity index is 2.02. The molecule has 6 nitrogen and oxygen atoms in total. The number of aromatic amines is 1. The number of hydrogen-bond acceptors (Lipinski definition) is 5. The van der Waals surface area contributed by atoms with Crippen LogP contribution < -0.4 is 9.47 Å². The Morgan fingerprint density at radius 2 is 2.11 bits per heavy atom. The van der Waals surface area contributed by atoms with E-state index >= 15 is 0 Å². The van der Waals surface area contributed by atoms with Gasteiger partial charge in [0, 0.05) is 22.4 Å². The summed E-state index contributed by atoms with van der Waals surface area (Å²) in [6.07, 6.45) is 6.81. The minimum absolute atomic E-state index is 0.0114. The highest BCUT2D eigenvalue weighted by Gasteiger charge is 2.30. The van der Waals surface area contributed by atoms with Crippen LogP contribution in [0.15, 0.2) is 65.0 Å².